The molecule has 0 radical (unpaired) electrons. The van der Waals surface area contributed by atoms with Crippen molar-refractivity contribution in [3.63, 3.8) is 0 Å². The van der Waals surface area contributed by atoms with Gasteiger partial charge in [0.1, 0.15) is 33.0 Å². The van der Waals surface area contributed by atoms with Gasteiger partial charge in [-0.2, -0.15) is 15.8 Å². The van der Waals surface area contributed by atoms with Crippen molar-refractivity contribution in [2.75, 3.05) is 85.5 Å². The van der Waals surface area contributed by atoms with Gasteiger partial charge in [0.15, 0.2) is 0 Å². The van der Waals surface area contributed by atoms with E-state index in [0.717, 1.165) is 95.4 Å². The number of amides is 6. The normalized spacial score (nSPS) is 14.6. The molecule has 31 heteroatoms. The molecule has 8 aromatic rings. The van der Waals surface area contributed by atoms with Crippen LogP contribution in [0.2, 0.25) is 0 Å². The minimum atomic E-state index is -1.57. The Hall–Kier alpha value is -10.8. The van der Waals surface area contributed by atoms with Crippen molar-refractivity contribution in [3.8, 4) is 62.7 Å². The molecule has 4 aliphatic carbocycles. The fourth-order valence-corrected chi connectivity index (χ4v) is 25.1. The Labute approximate surface area is 871 Å². The molecule has 4 aliphatic rings. The molecule has 0 bridgehead atoms. The summed E-state index contributed by atoms with van der Waals surface area (Å²) in [6.45, 7) is 40.5. The van der Waals surface area contributed by atoms with Crippen LogP contribution < -0.4 is 21.3 Å². The summed E-state index contributed by atoms with van der Waals surface area (Å²) in [5.74, 6) is -0.964. The molecule has 0 spiro atoms. The number of hydrogen-bond acceptors (Lipinski definition) is 22. The van der Waals surface area contributed by atoms with Gasteiger partial charge in [-0.3, -0.25) is 14.5 Å². The van der Waals surface area contributed by atoms with E-state index in [1.165, 1.54) is 30.6 Å². The third-order valence-corrected chi connectivity index (χ3v) is 33.4. The first-order chi connectivity index (χ1) is 70.4. The van der Waals surface area contributed by atoms with Crippen molar-refractivity contribution in [1.29, 1.82) is 15.8 Å². The number of rotatable bonds is 54. The number of benzene rings is 8. The number of ether oxygens (including phenoxy) is 4. The highest BCUT2D eigenvalue weighted by molar-refractivity contribution is 7.45. The number of unbranched alkanes of at least 4 members (excludes halogenated alkanes) is 2. The van der Waals surface area contributed by atoms with Gasteiger partial charge in [-0.1, -0.05) is 248 Å². The van der Waals surface area contributed by atoms with Gasteiger partial charge < -0.3 is 72.3 Å². The van der Waals surface area contributed by atoms with Crippen LogP contribution in [0.3, 0.4) is 0 Å². The van der Waals surface area contributed by atoms with E-state index in [0.29, 0.717) is 43.9 Å². The van der Waals surface area contributed by atoms with E-state index in [4.69, 9.17) is 56.6 Å². The van der Waals surface area contributed by atoms with Gasteiger partial charge in [-0.25, -0.2) is 33.2 Å². The van der Waals surface area contributed by atoms with Crippen LogP contribution in [0.1, 0.15) is 264 Å². The lowest BCUT2D eigenvalue weighted by Gasteiger charge is -2.40. The zero-order valence-corrected chi connectivity index (χ0v) is 91.6. The van der Waals surface area contributed by atoms with Crippen molar-refractivity contribution < 1.29 is 74.9 Å². The summed E-state index contributed by atoms with van der Waals surface area (Å²) in [5.41, 5.74) is 17.8. The molecular formula is C115H155N12O16P3. The highest BCUT2D eigenvalue weighted by atomic mass is 31.2. The summed E-state index contributed by atoms with van der Waals surface area (Å²) in [7, 11) is -4.23. The molecule has 4 N–H and O–H groups in total. The van der Waals surface area contributed by atoms with Gasteiger partial charge in [0.25, 0.3) is 25.6 Å². The quantitative estimate of drug-likeness (QED) is 0.0156. The van der Waals surface area contributed by atoms with E-state index in [2.05, 4.69) is 218 Å². The Bertz CT molecular complexity index is 5410. The molecule has 9 unspecified atom stereocenters. The highest BCUT2D eigenvalue weighted by Crippen LogP contribution is 2.54. The van der Waals surface area contributed by atoms with Gasteiger partial charge in [0.05, 0.1) is 94.2 Å². The van der Waals surface area contributed by atoms with E-state index in [1.807, 2.05) is 161 Å². The molecule has 6 amide bonds. The Morgan fingerprint density at radius 2 is 0.664 bits per heavy atom. The number of hydrogen-bond donors (Lipinski definition) is 4. The summed E-state index contributed by atoms with van der Waals surface area (Å²) in [5, 5.41) is 38.3. The van der Waals surface area contributed by atoms with Crippen molar-refractivity contribution in [2.24, 2.45) is 5.92 Å². The summed E-state index contributed by atoms with van der Waals surface area (Å²) < 4.78 is 68.1. The van der Waals surface area contributed by atoms with Crippen LogP contribution in [0.5, 0.6) is 0 Å². The molecule has 0 aromatic heterocycles. The van der Waals surface area contributed by atoms with Gasteiger partial charge in [-0.05, 0) is 218 Å². The topological polar surface area (TPSA) is 330 Å². The number of carbonyl (C=O) groups is 6. The van der Waals surface area contributed by atoms with Crippen LogP contribution in [0.4, 0.5) is 19.2 Å². The molecule has 0 fully saturated rings. The lowest BCUT2D eigenvalue weighted by atomic mass is 9.94. The Morgan fingerprint density at radius 3 is 0.973 bits per heavy atom. The second kappa shape index (κ2) is 60.0. The predicted octanol–water partition coefficient (Wildman–Crippen LogP) is 25.0. The SMILES string of the molecule is CCC(C(C)OP(OCCC#N)N(C(C)C)C(C)C)N(CCNC(=O)OCC1c2ccccc2-c2ccccc21)C(=O)OCC1c2ccccc2-c2ccccc21.CCC(NC(=O)CNC(=O)CN(CCNC(=O)OCC1c2ccccc2-c2ccccc21)C(=O)OCC1c2ccccc2-c2ccccc21)C(C)OP(OCCC#N)N(C(C)C)C(C)C.CCCCCC(CC)C(C)OP(OCCC#N)N(C(C)C)C(C)C. The molecule has 786 valence electrons. The molecule has 146 heavy (non-hydrogen) atoms. The molecule has 0 saturated carbocycles. The minimum Gasteiger partial charge on any atom is -0.449 e. The van der Waals surface area contributed by atoms with E-state index >= 15 is 0 Å². The average Bonchev–Trinajstić information content (AvgIpc) is 1.63. The Balaban J connectivity index is 0.000000246. The van der Waals surface area contributed by atoms with E-state index in [1.54, 1.807) is 4.90 Å². The molecule has 0 aliphatic heterocycles. The maximum Gasteiger partial charge on any atom is 0.410 e. The number of carbonyl (C=O) groups excluding carboxylic acids is 6. The lowest BCUT2D eigenvalue weighted by Crippen LogP contribution is -2.50. The largest absolute Gasteiger partial charge is 0.449 e. The van der Waals surface area contributed by atoms with Crippen LogP contribution >= 0.6 is 25.6 Å². The van der Waals surface area contributed by atoms with Crippen molar-refractivity contribution >= 4 is 61.8 Å². The third-order valence-electron chi connectivity index (χ3n) is 26.7. The van der Waals surface area contributed by atoms with E-state index < -0.39 is 92.6 Å². The van der Waals surface area contributed by atoms with Gasteiger partial charge in [-0.15, -0.1) is 0 Å². The first-order valence-corrected chi connectivity index (χ1v) is 55.5. The maximum atomic E-state index is 14.3. The monoisotopic (exact) mass is 2050 g/mol. The maximum absolute atomic E-state index is 14.3. The number of nitrogens with zero attached hydrogens (tertiary/aromatic N) is 8. The van der Waals surface area contributed by atoms with Gasteiger partial charge >= 0.3 is 24.4 Å². The van der Waals surface area contributed by atoms with E-state index in [9.17, 15) is 34.0 Å². The van der Waals surface area contributed by atoms with Crippen molar-refractivity contribution in [2.45, 2.75) is 286 Å². The van der Waals surface area contributed by atoms with Gasteiger partial charge in [0.2, 0.25) is 11.8 Å². The third kappa shape index (κ3) is 32.4. The Kier molecular flexibility index (Phi) is 48.1. The number of alkyl carbamates (subject to hydrolysis) is 2. The molecule has 8 aromatic carbocycles. The van der Waals surface area contributed by atoms with Crippen LogP contribution in [0, 0.1) is 39.9 Å². The van der Waals surface area contributed by atoms with E-state index in [-0.39, 0.29) is 139 Å². The average molecular weight is 2050 g/mol. The standard InChI is InChI=1S/C50H61N6O8P.C46H55N4O6P.C19H39N2O2P/c1-7-46(35(6)64-65(63-28-16-25-51)56(33(2)3)34(4)5)54-47(57)29-53-48(58)30-55(50(60)62-32-45-42-23-14-10-19-38(42)39-20-11-15-24-43(39)45)27-26-52-49(59)61-31-44-40-21-12-8-17-36(40)37-18-9-13-22-41(37)44;1-7-44(33(6)56-57(55-28-16-25-47)50(31(2)3)32(4)5)49(46(52)54-30-43-40-23-14-10-19-36(40)37-20-11-15-24-41(37)43)27-26-48-45(51)53-29-42-38-21-12-8-17-34(38)35-18-9-13-22-39(35)42;1-8-10-11-13-19(9-2)18(7)23-24(22-15-12-14-20)21(16(3)4)17(5)6/h8-15,17-24,33-35,44-46H,7,16,26-32H2,1-6H3,(H,52,59)(H,53,58)(H,54,57);8-15,17-24,31-33,42-44H,7,16,26-30H2,1-6H3,(H,48,51);16-19H,8-13,15H2,1-7H3. The van der Waals surface area contributed by atoms with Crippen LogP contribution in [-0.2, 0) is 55.7 Å². The first-order valence-electron chi connectivity index (χ1n) is 52.1. The number of fused-ring (bicyclic) bond motifs is 12. The highest BCUT2D eigenvalue weighted by Gasteiger charge is 2.41. The fraction of sp³-hybridized carbons (Fsp3) is 0.504. The van der Waals surface area contributed by atoms with Gasteiger partial charge in [0, 0.05) is 86.1 Å². The fourth-order valence-electron chi connectivity index (χ4n) is 19.8. The smallest absolute Gasteiger partial charge is 0.410 e. The van der Waals surface area contributed by atoms with Crippen molar-refractivity contribution in [1.82, 2.24) is 45.1 Å². The molecular weight excluding hydrogens is 1900 g/mol. The molecule has 9 atom stereocenters. The number of nitrogens with one attached hydrogen (secondary N) is 4. The molecule has 28 nitrogen and oxygen atoms in total. The number of nitriles is 3. The lowest BCUT2D eigenvalue weighted by molar-refractivity contribution is -0.127. The van der Waals surface area contributed by atoms with Crippen LogP contribution in [0.15, 0.2) is 194 Å². The summed E-state index contributed by atoms with van der Waals surface area (Å²) >= 11 is 0. The summed E-state index contributed by atoms with van der Waals surface area (Å²) in [6.07, 6.45) is 4.94. The summed E-state index contributed by atoms with van der Waals surface area (Å²) in [4.78, 5) is 84.0. The minimum absolute atomic E-state index is 0.0292. The van der Waals surface area contributed by atoms with Crippen LogP contribution in [-0.4, -0.2) is 212 Å². The van der Waals surface area contributed by atoms with Crippen molar-refractivity contribution in [3.05, 3.63) is 239 Å². The predicted molar refractivity (Wildman–Crippen MR) is 579 cm³/mol. The second-order valence-electron chi connectivity index (χ2n) is 38.8. The second-order valence-corrected chi connectivity index (χ2v) is 43.0. The zero-order valence-electron chi connectivity index (χ0n) is 88.9. The summed E-state index contributed by atoms with van der Waals surface area (Å²) in [6, 6.07) is 71.8. The molecule has 0 saturated heterocycles. The van der Waals surface area contributed by atoms with Crippen LogP contribution in [0.25, 0.3) is 44.5 Å². The zero-order chi connectivity index (χ0) is 105. The Morgan fingerprint density at radius 1 is 0.356 bits per heavy atom. The first kappa shape index (κ1) is 117. The molecule has 0 heterocycles. The molecule has 12 rings (SSSR count).